The molecule has 2 aromatic carbocycles. The highest BCUT2D eigenvalue weighted by molar-refractivity contribution is 8.00. The molecule has 0 radical (unpaired) electrons. The molecule has 1 aromatic heterocycles. The fraction of sp³-hybridized carbons (Fsp3) is 0.261. The van der Waals surface area contributed by atoms with Crippen LogP contribution in [0.3, 0.4) is 0 Å². The van der Waals surface area contributed by atoms with Gasteiger partial charge in [-0.25, -0.2) is 0 Å². The van der Waals surface area contributed by atoms with Gasteiger partial charge < -0.3 is 14.2 Å². The highest BCUT2D eigenvalue weighted by Crippen LogP contribution is 2.18. The van der Waals surface area contributed by atoms with E-state index in [1.54, 1.807) is 18.9 Å². The summed E-state index contributed by atoms with van der Waals surface area (Å²) in [7, 11) is 1.67. The summed E-state index contributed by atoms with van der Waals surface area (Å²) in [4.78, 5) is 15.9. The molecule has 146 valence electrons. The molecule has 0 saturated heterocycles. The van der Waals surface area contributed by atoms with Crippen molar-refractivity contribution in [2.24, 2.45) is 0 Å². The van der Waals surface area contributed by atoms with Gasteiger partial charge in [0, 0.05) is 37.0 Å². The van der Waals surface area contributed by atoms with Gasteiger partial charge in [-0.05, 0) is 29.8 Å². The minimum Gasteiger partial charge on any atom is -0.383 e. The summed E-state index contributed by atoms with van der Waals surface area (Å²) in [6.07, 6.45) is 2.07. The zero-order chi connectivity index (χ0) is 19.6. The summed E-state index contributed by atoms with van der Waals surface area (Å²) in [5.41, 5.74) is 2.37. The van der Waals surface area contributed by atoms with Crippen LogP contribution in [0.5, 0.6) is 0 Å². The number of thioether (sulfide) groups is 1. The van der Waals surface area contributed by atoms with Crippen molar-refractivity contribution >= 4 is 17.7 Å². The minimum absolute atomic E-state index is 0.123. The van der Waals surface area contributed by atoms with Gasteiger partial charge in [0.25, 0.3) is 0 Å². The smallest absolute Gasteiger partial charge is 0.233 e. The second kappa shape index (κ2) is 10.7. The number of methoxy groups -OCH3 is 1. The molecule has 0 N–H and O–H groups in total. The topological polar surface area (TPSA) is 34.5 Å². The van der Waals surface area contributed by atoms with Crippen LogP contribution in [-0.4, -0.2) is 41.4 Å². The quantitative estimate of drug-likeness (QED) is 0.481. The molecular formula is C23H26N2O2S. The third kappa shape index (κ3) is 6.01. The van der Waals surface area contributed by atoms with Gasteiger partial charge in [-0.15, -0.1) is 11.8 Å². The first-order valence-electron chi connectivity index (χ1n) is 9.39. The Balaban J connectivity index is 1.65. The lowest BCUT2D eigenvalue weighted by atomic mass is 10.2. The molecule has 0 saturated carbocycles. The Labute approximate surface area is 171 Å². The van der Waals surface area contributed by atoms with E-state index in [0.717, 1.165) is 17.1 Å². The van der Waals surface area contributed by atoms with Gasteiger partial charge in [-0.2, -0.15) is 0 Å². The molecule has 0 aliphatic heterocycles. The Morgan fingerprint density at radius 1 is 1.00 bits per heavy atom. The van der Waals surface area contributed by atoms with E-state index in [1.165, 1.54) is 5.56 Å². The van der Waals surface area contributed by atoms with Gasteiger partial charge >= 0.3 is 0 Å². The average Bonchev–Trinajstić information content (AvgIpc) is 3.17. The van der Waals surface area contributed by atoms with Crippen LogP contribution in [0.2, 0.25) is 0 Å². The predicted molar refractivity (Wildman–Crippen MR) is 114 cm³/mol. The molecule has 0 unspecified atom stereocenters. The lowest BCUT2D eigenvalue weighted by molar-refractivity contribution is -0.129. The maximum absolute atomic E-state index is 12.9. The Kier molecular flexibility index (Phi) is 7.76. The van der Waals surface area contributed by atoms with Crippen LogP contribution < -0.4 is 0 Å². The van der Waals surface area contributed by atoms with Crippen LogP contribution in [0, 0.1) is 0 Å². The van der Waals surface area contributed by atoms with Gasteiger partial charge in [0.1, 0.15) is 0 Å². The van der Waals surface area contributed by atoms with Crippen molar-refractivity contribution in [3.63, 3.8) is 0 Å². The van der Waals surface area contributed by atoms with Crippen molar-refractivity contribution in [3.05, 3.63) is 90.3 Å². The van der Waals surface area contributed by atoms with Gasteiger partial charge in [-0.1, -0.05) is 48.5 Å². The number of rotatable bonds is 10. The number of carbonyl (C=O) groups is 1. The molecule has 3 aromatic rings. The van der Waals surface area contributed by atoms with E-state index in [4.69, 9.17) is 4.74 Å². The summed E-state index contributed by atoms with van der Waals surface area (Å²) in [6.45, 7) is 2.49. The van der Waals surface area contributed by atoms with Gasteiger partial charge in [0.05, 0.1) is 18.9 Å². The number of hydrogen-bond acceptors (Lipinski definition) is 3. The minimum atomic E-state index is 0.123. The predicted octanol–water partition coefficient (Wildman–Crippen LogP) is 4.30. The van der Waals surface area contributed by atoms with Crippen molar-refractivity contribution in [3.8, 4) is 0 Å². The second-order valence-corrected chi connectivity index (χ2v) is 7.57. The third-order valence-corrected chi connectivity index (χ3v) is 5.49. The fourth-order valence-electron chi connectivity index (χ4n) is 2.97. The number of hydrogen-bond donors (Lipinski definition) is 0. The standard InChI is InChI=1S/C23H26N2O2S/c1-27-16-15-25(23(26)19-28-22-12-6-3-7-13-22)18-21-11-8-14-24(21)17-20-9-4-2-5-10-20/h2-14H,15-19H2,1H3. The molecule has 0 aliphatic rings. The van der Waals surface area contributed by atoms with Crippen LogP contribution in [0.4, 0.5) is 0 Å². The van der Waals surface area contributed by atoms with E-state index in [-0.39, 0.29) is 5.91 Å². The van der Waals surface area contributed by atoms with Crippen LogP contribution in [0.15, 0.2) is 83.9 Å². The first-order valence-corrected chi connectivity index (χ1v) is 10.4. The first-order chi connectivity index (χ1) is 13.8. The van der Waals surface area contributed by atoms with Gasteiger partial charge in [0.15, 0.2) is 0 Å². The summed E-state index contributed by atoms with van der Waals surface area (Å²) >= 11 is 1.57. The van der Waals surface area contributed by atoms with E-state index in [1.807, 2.05) is 59.5 Å². The lowest BCUT2D eigenvalue weighted by Crippen LogP contribution is -2.35. The summed E-state index contributed by atoms with van der Waals surface area (Å²) < 4.78 is 7.42. The molecule has 0 aliphatic carbocycles. The molecule has 3 rings (SSSR count). The third-order valence-electron chi connectivity index (χ3n) is 4.50. The van der Waals surface area contributed by atoms with Crippen molar-refractivity contribution in [2.75, 3.05) is 26.0 Å². The largest absolute Gasteiger partial charge is 0.383 e. The first kappa shape index (κ1) is 20.2. The van der Waals surface area contributed by atoms with Crippen molar-refractivity contribution in [1.82, 2.24) is 9.47 Å². The number of carbonyl (C=O) groups excluding carboxylic acids is 1. The van der Waals surface area contributed by atoms with Gasteiger partial charge in [-0.3, -0.25) is 4.79 Å². The van der Waals surface area contributed by atoms with Crippen LogP contribution in [0.1, 0.15) is 11.3 Å². The van der Waals surface area contributed by atoms with Gasteiger partial charge in [0.2, 0.25) is 5.91 Å². The van der Waals surface area contributed by atoms with E-state index in [9.17, 15) is 4.79 Å². The SMILES string of the molecule is COCCN(Cc1cccn1Cc1ccccc1)C(=O)CSc1ccccc1. The number of amides is 1. The van der Waals surface area contributed by atoms with Crippen molar-refractivity contribution < 1.29 is 9.53 Å². The van der Waals surface area contributed by atoms with Crippen molar-refractivity contribution in [1.29, 1.82) is 0 Å². The van der Waals surface area contributed by atoms with E-state index < -0.39 is 0 Å². The lowest BCUT2D eigenvalue weighted by Gasteiger charge is -2.23. The fourth-order valence-corrected chi connectivity index (χ4v) is 3.79. The molecule has 0 spiro atoms. The normalized spacial score (nSPS) is 10.8. The molecule has 1 heterocycles. The molecule has 0 bridgehead atoms. The maximum Gasteiger partial charge on any atom is 0.233 e. The average molecular weight is 395 g/mol. The Morgan fingerprint density at radius 2 is 1.71 bits per heavy atom. The number of nitrogens with zero attached hydrogens (tertiary/aromatic N) is 2. The van der Waals surface area contributed by atoms with Crippen LogP contribution >= 0.6 is 11.8 Å². The maximum atomic E-state index is 12.9. The molecule has 5 heteroatoms. The second-order valence-electron chi connectivity index (χ2n) is 6.52. The zero-order valence-electron chi connectivity index (χ0n) is 16.2. The molecule has 0 fully saturated rings. The monoisotopic (exact) mass is 394 g/mol. The Morgan fingerprint density at radius 3 is 2.43 bits per heavy atom. The van der Waals surface area contributed by atoms with Crippen LogP contribution in [-0.2, 0) is 22.6 Å². The highest BCUT2D eigenvalue weighted by Gasteiger charge is 2.16. The van der Waals surface area contributed by atoms with Crippen molar-refractivity contribution in [2.45, 2.75) is 18.0 Å². The van der Waals surface area contributed by atoms with E-state index in [0.29, 0.717) is 25.4 Å². The molecule has 28 heavy (non-hydrogen) atoms. The van der Waals surface area contributed by atoms with Crippen LogP contribution in [0.25, 0.3) is 0 Å². The number of benzene rings is 2. The zero-order valence-corrected chi connectivity index (χ0v) is 17.0. The molecular weight excluding hydrogens is 368 g/mol. The number of aromatic nitrogens is 1. The summed E-state index contributed by atoms with van der Waals surface area (Å²) in [6, 6.07) is 24.5. The summed E-state index contributed by atoms with van der Waals surface area (Å²) in [5, 5.41) is 0. The molecule has 4 nitrogen and oxygen atoms in total. The van der Waals surface area contributed by atoms with E-state index in [2.05, 4.69) is 29.0 Å². The highest BCUT2D eigenvalue weighted by atomic mass is 32.2. The Hall–Kier alpha value is -2.50. The Bertz CT molecular complexity index is 849. The van der Waals surface area contributed by atoms with E-state index >= 15 is 0 Å². The molecule has 1 amide bonds. The molecule has 0 atom stereocenters. The summed E-state index contributed by atoms with van der Waals surface area (Å²) in [5.74, 6) is 0.547. The number of ether oxygens (including phenoxy) is 1.